The van der Waals surface area contributed by atoms with Gasteiger partial charge in [0.1, 0.15) is 18.0 Å². The average molecular weight is 329 g/mol. The second kappa shape index (κ2) is 8.29. The highest BCUT2D eigenvalue weighted by Crippen LogP contribution is 2.39. The highest BCUT2D eigenvalue weighted by atomic mass is 19.1. The Morgan fingerprint density at radius 3 is 2.42 bits per heavy atom. The lowest BCUT2D eigenvalue weighted by molar-refractivity contribution is 0.0657. The lowest BCUT2D eigenvalue weighted by Gasteiger charge is -2.33. The third-order valence-electron chi connectivity index (χ3n) is 4.50. The molecular formula is C21H28FNO. The first-order valence-corrected chi connectivity index (χ1v) is 8.56. The quantitative estimate of drug-likeness (QED) is 0.673. The maximum atomic E-state index is 15.7. The van der Waals surface area contributed by atoms with Crippen LogP contribution in [0.25, 0.3) is 0 Å². The third kappa shape index (κ3) is 4.57. The van der Waals surface area contributed by atoms with E-state index in [1.807, 2.05) is 87.4 Å². The zero-order valence-corrected chi connectivity index (χ0v) is 15.1. The van der Waals surface area contributed by atoms with Crippen LogP contribution < -0.4 is 4.74 Å². The number of nitrogens with zero attached hydrogens (tertiary/aromatic N) is 1. The summed E-state index contributed by atoms with van der Waals surface area (Å²) in [5.41, 5.74) is 0.451. The van der Waals surface area contributed by atoms with Crippen molar-refractivity contribution in [2.75, 3.05) is 20.6 Å². The van der Waals surface area contributed by atoms with Crippen LogP contribution in [0.2, 0.25) is 0 Å². The zero-order valence-electron chi connectivity index (χ0n) is 15.1. The van der Waals surface area contributed by atoms with Gasteiger partial charge in [-0.15, -0.1) is 0 Å². The van der Waals surface area contributed by atoms with Crippen LogP contribution in [0.3, 0.4) is 0 Å². The fourth-order valence-corrected chi connectivity index (χ4v) is 3.11. The first-order valence-electron chi connectivity index (χ1n) is 8.56. The molecule has 0 saturated heterocycles. The normalized spacial score (nSPS) is 15.1. The van der Waals surface area contributed by atoms with Crippen LogP contribution in [0.1, 0.15) is 31.4 Å². The summed E-state index contributed by atoms with van der Waals surface area (Å²) in [5, 5.41) is 0. The number of rotatable bonds is 8. The SMILES string of the molecule is CC[C@](F)(c1cccc(OCc2ccccc2)c1)[C@H](C)CN(C)C. The summed E-state index contributed by atoms with van der Waals surface area (Å²) in [6.07, 6.45) is 0.449. The van der Waals surface area contributed by atoms with Crippen molar-refractivity contribution >= 4 is 0 Å². The van der Waals surface area contributed by atoms with E-state index in [2.05, 4.69) is 0 Å². The second-order valence-electron chi connectivity index (χ2n) is 6.68. The monoisotopic (exact) mass is 329 g/mol. The summed E-state index contributed by atoms with van der Waals surface area (Å²) in [6.45, 7) is 5.08. The molecule has 0 N–H and O–H groups in total. The van der Waals surface area contributed by atoms with Crippen LogP contribution in [0.5, 0.6) is 5.75 Å². The van der Waals surface area contributed by atoms with Gasteiger partial charge in [-0.1, -0.05) is 56.3 Å². The van der Waals surface area contributed by atoms with Gasteiger partial charge in [-0.05, 0) is 43.8 Å². The predicted molar refractivity (Wildman–Crippen MR) is 98.0 cm³/mol. The van der Waals surface area contributed by atoms with Crippen molar-refractivity contribution in [1.82, 2.24) is 4.90 Å². The second-order valence-corrected chi connectivity index (χ2v) is 6.68. The van der Waals surface area contributed by atoms with Gasteiger partial charge in [0, 0.05) is 12.5 Å². The van der Waals surface area contributed by atoms with E-state index in [0.29, 0.717) is 30.9 Å². The molecule has 2 rings (SSSR count). The molecule has 0 heterocycles. The number of ether oxygens (including phenoxy) is 1. The summed E-state index contributed by atoms with van der Waals surface area (Å²) in [5.74, 6) is 0.616. The molecule has 0 unspecified atom stereocenters. The highest BCUT2D eigenvalue weighted by molar-refractivity contribution is 5.33. The first kappa shape index (κ1) is 18.5. The maximum absolute atomic E-state index is 15.7. The van der Waals surface area contributed by atoms with Crippen LogP contribution in [0.4, 0.5) is 4.39 Å². The Morgan fingerprint density at radius 1 is 1.08 bits per heavy atom. The van der Waals surface area contributed by atoms with Crippen LogP contribution in [0, 0.1) is 5.92 Å². The van der Waals surface area contributed by atoms with Gasteiger partial charge in [0.2, 0.25) is 0 Å². The van der Waals surface area contributed by atoms with Crippen molar-refractivity contribution in [2.45, 2.75) is 32.5 Å². The molecule has 2 nitrogen and oxygen atoms in total. The van der Waals surface area contributed by atoms with Gasteiger partial charge in [-0.2, -0.15) is 0 Å². The van der Waals surface area contributed by atoms with E-state index in [0.717, 1.165) is 5.56 Å². The van der Waals surface area contributed by atoms with Crippen molar-refractivity contribution in [3.8, 4) is 5.75 Å². The summed E-state index contributed by atoms with van der Waals surface area (Å²) in [7, 11) is 3.96. The Labute approximate surface area is 145 Å². The highest BCUT2D eigenvalue weighted by Gasteiger charge is 2.36. The summed E-state index contributed by atoms with van der Waals surface area (Å²) < 4.78 is 21.5. The molecule has 2 aromatic carbocycles. The fourth-order valence-electron chi connectivity index (χ4n) is 3.11. The zero-order chi connectivity index (χ0) is 17.6. The Hall–Kier alpha value is -1.87. The molecule has 0 fully saturated rings. The Kier molecular flexibility index (Phi) is 6.38. The van der Waals surface area contributed by atoms with Crippen LogP contribution in [0.15, 0.2) is 54.6 Å². The molecule has 0 aliphatic carbocycles. The van der Waals surface area contributed by atoms with Crippen LogP contribution in [-0.2, 0) is 12.3 Å². The largest absolute Gasteiger partial charge is 0.489 e. The van der Waals surface area contributed by atoms with Crippen LogP contribution >= 0.6 is 0 Å². The molecule has 130 valence electrons. The van der Waals surface area contributed by atoms with E-state index in [4.69, 9.17) is 4.74 Å². The van der Waals surface area contributed by atoms with Crippen molar-refractivity contribution in [2.24, 2.45) is 5.92 Å². The topological polar surface area (TPSA) is 12.5 Å². The molecule has 24 heavy (non-hydrogen) atoms. The van der Waals surface area contributed by atoms with E-state index in [1.165, 1.54) is 0 Å². The summed E-state index contributed by atoms with van der Waals surface area (Å²) in [4.78, 5) is 2.03. The number of benzene rings is 2. The number of halogens is 1. The third-order valence-corrected chi connectivity index (χ3v) is 4.50. The number of hydrogen-bond acceptors (Lipinski definition) is 2. The standard InChI is InChI=1S/C21H28FNO/c1-5-21(22,17(2)15-23(3)4)19-12-9-13-20(14-19)24-16-18-10-7-6-8-11-18/h6-14,17H,5,15-16H2,1-4H3/t17-,21-/m1/s1. The van der Waals surface area contributed by atoms with Crippen LogP contribution in [-0.4, -0.2) is 25.5 Å². The van der Waals surface area contributed by atoms with E-state index >= 15 is 4.39 Å². The molecule has 0 saturated carbocycles. The van der Waals surface area contributed by atoms with E-state index in [-0.39, 0.29) is 5.92 Å². The molecule has 0 aliphatic heterocycles. The molecule has 0 amide bonds. The Balaban J connectivity index is 2.15. The van der Waals surface area contributed by atoms with Crippen molar-refractivity contribution < 1.29 is 9.13 Å². The lowest BCUT2D eigenvalue weighted by Crippen LogP contribution is -2.35. The molecule has 3 heteroatoms. The first-order chi connectivity index (χ1) is 11.5. The van der Waals surface area contributed by atoms with Gasteiger partial charge in [0.25, 0.3) is 0 Å². The molecule has 0 aromatic heterocycles. The summed E-state index contributed by atoms with van der Waals surface area (Å²) >= 11 is 0. The fraction of sp³-hybridized carbons (Fsp3) is 0.429. The van der Waals surface area contributed by atoms with Crippen molar-refractivity contribution in [1.29, 1.82) is 0 Å². The van der Waals surface area contributed by atoms with Gasteiger partial charge in [-0.25, -0.2) is 4.39 Å². The predicted octanol–water partition coefficient (Wildman–Crippen LogP) is 5.04. The minimum atomic E-state index is -1.35. The average Bonchev–Trinajstić information content (AvgIpc) is 2.59. The molecule has 0 aliphatic rings. The van der Waals surface area contributed by atoms with Gasteiger partial charge in [-0.3, -0.25) is 0 Å². The molecule has 2 aromatic rings. The van der Waals surface area contributed by atoms with Crippen molar-refractivity contribution in [3.05, 3.63) is 65.7 Å². The van der Waals surface area contributed by atoms with E-state index in [1.54, 1.807) is 0 Å². The van der Waals surface area contributed by atoms with Gasteiger partial charge < -0.3 is 9.64 Å². The minimum Gasteiger partial charge on any atom is -0.489 e. The molecule has 0 radical (unpaired) electrons. The lowest BCUT2D eigenvalue weighted by atomic mass is 9.81. The molecule has 0 spiro atoms. The minimum absolute atomic E-state index is 0.0955. The smallest absolute Gasteiger partial charge is 0.139 e. The Morgan fingerprint density at radius 2 is 1.79 bits per heavy atom. The van der Waals surface area contributed by atoms with Gasteiger partial charge >= 0.3 is 0 Å². The maximum Gasteiger partial charge on any atom is 0.139 e. The Bertz CT molecular complexity index is 629. The van der Waals surface area contributed by atoms with Crippen molar-refractivity contribution in [3.63, 3.8) is 0 Å². The van der Waals surface area contributed by atoms with E-state index < -0.39 is 5.67 Å². The molecular weight excluding hydrogens is 301 g/mol. The molecule has 2 atom stereocenters. The van der Waals surface area contributed by atoms with Gasteiger partial charge in [0.15, 0.2) is 0 Å². The number of hydrogen-bond donors (Lipinski definition) is 0. The van der Waals surface area contributed by atoms with Gasteiger partial charge in [0.05, 0.1) is 0 Å². The summed E-state index contributed by atoms with van der Waals surface area (Å²) in [6, 6.07) is 17.5. The molecule has 0 bridgehead atoms. The van der Waals surface area contributed by atoms with E-state index in [9.17, 15) is 0 Å². The number of alkyl halides is 1.